The summed E-state index contributed by atoms with van der Waals surface area (Å²) in [7, 11) is 0. The van der Waals surface area contributed by atoms with Crippen LogP contribution in [0.1, 0.15) is 11.1 Å². The van der Waals surface area contributed by atoms with Gasteiger partial charge in [-0.1, -0.05) is 18.2 Å². The van der Waals surface area contributed by atoms with E-state index in [4.69, 9.17) is 4.42 Å². The van der Waals surface area contributed by atoms with Crippen molar-refractivity contribution in [1.29, 1.82) is 0 Å². The third-order valence-electron chi connectivity index (χ3n) is 3.12. The number of aryl methyl sites for hydroxylation is 1. The van der Waals surface area contributed by atoms with Crippen LogP contribution in [0.2, 0.25) is 0 Å². The van der Waals surface area contributed by atoms with Gasteiger partial charge in [0.1, 0.15) is 16.9 Å². The van der Waals surface area contributed by atoms with Crippen LogP contribution < -0.4 is 5.63 Å². The Bertz CT molecular complexity index is 897. The molecule has 5 heteroatoms. The molecule has 104 valence electrons. The molecule has 2 aromatic heterocycles. The van der Waals surface area contributed by atoms with Crippen molar-refractivity contribution in [1.82, 2.24) is 4.98 Å². The van der Waals surface area contributed by atoms with E-state index in [1.54, 1.807) is 36.5 Å². The minimum absolute atomic E-state index is 0.0127. The van der Waals surface area contributed by atoms with E-state index >= 15 is 0 Å². The van der Waals surface area contributed by atoms with Crippen molar-refractivity contribution in [3.63, 3.8) is 0 Å². The van der Waals surface area contributed by atoms with Gasteiger partial charge in [0.25, 0.3) is 0 Å². The molecule has 0 saturated carbocycles. The first-order valence-corrected chi connectivity index (χ1v) is 6.37. The topological polar surface area (TPSA) is 75.7 Å². The second-order valence-electron chi connectivity index (χ2n) is 4.55. The molecule has 1 N–H and O–H groups in total. The highest BCUT2D eigenvalue weighted by molar-refractivity contribution is 5.94. The molecule has 0 atom stereocenters. The molecule has 2 heterocycles. The van der Waals surface area contributed by atoms with E-state index in [1.165, 1.54) is 6.21 Å². The van der Waals surface area contributed by atoms with E-state index < -0.39 is 5.63 Å². The van der Waals surface area contributed by atoms with Crippen molar-refractivity contribution in [3.05, 3.63) is 64.1 Å². The van der Waals surface area contributed by atoms with Gasteiger partial charge in [0.05, 0.1) is 5.39 Å². The minimum Gasteiger partial charge on any atom is -0.506 e. The van der Waals surface area contributed by atoms with Gasteiger partial charge in [0, 0.05) is 12.4 Å². The standard InChI is InChI=1S/C16H12N2O3/c1-10-5-4-8-17-15(10)18-9-12-14(19)11-6-2-3-7-13(11)21-16(12)20/h2-9,19H,1H3. The van der Waals surface area contributed by atoms with Crippen LogP contribution in [0.25, 0.3) is 11.0 Å². The average Bonchev–Trinajstić information content (AvgIpc) is 2.49. The zero-order valence-corrected chi connectivity index (χ0v) is 11.3. The van der Waals surface area contributed by atoms with Gasteiger partial charge in [-0.05, 0) is 30.7 Å². The highest BCUT2D eigenvalue weighted by Gasteiger charge is 2.11. The molecule has 0 saturated heterocycles. The predicted octanol–water partition coefficient (Wildman–Crippen LogP) is 2.95. The molecule has 1 aromatic carbocycles. The summed E-state index contributed by atoms with van der Waals surface area (Å²) in [5, 5.41) is 10.7. The molecule has 21 heavy (non-hydrogen) atoms. The van der Waals surface area contributed by atoms with Gasteiger partial charge in [-0.2, -0.15) is 0 Å². The molecule has 3 rings (SSSR count). The van der Waals surface area contributed by atoms with E-state index in [0.29, 0.717) is 16.8 Å². The summed E-state index contributed by atoms with van der Waals surface area (Å²) in [6, 6.07) is 10.5. The largest absolute Gasteiger partial charge is 0.506 e. The zero-order valence-electron chi connectivity index (χ0n) is 11.3. The Morgan fingerprint density at radius 3 is 2.86 bits per heavy atom. The first-order chi connectivity index (χ1) is 10.2. The molecule has 0 bridgehead atoms. The highest BCUT2D eigenvalue weighted by Crippen LogP contribution is 2.25. The maximum absolute atomic E-state index is 11.9. The van der Waals surface area contributed by atoms with E-state index in [2.05, 4.69) is 9.98 Å². The summed E-state index contributed by atoms with van der Waals surface area (Å²) in [4.78, 5) is 20.2. The number of nitrogens with zero attached hydrogens (tertiary/aromatic N) is 2. The minimum atomic E-state index is -0.636. The molecular formula is C16H12N2O3. The van der Waals surface area contributed by atoms with Gasteiger partial charge < -0.3 is 9.52 Å². The molecule has 3 aromatic rings. The van der Waals surface area contributed by atoms with E-state index in [1.807, 2.05) is 13.0 Å². The second kappa shape index (κ2) is 5.20. The summed E-state index contributed by atoms with van der Waals surface area (Å²) in [5.74, 6) is 0.351. The summed E-state index contributed by atoms with van der Waals surface area (Å²) >= 11 is 0. The van der Waals surface area contributed by atoms with Gasteiger partial charge in [0.2, 0.25) is 0 Å². The Morgan fingerprint density at radius 1 is 1.24 bits per heavy atom. The van der Waals surface area contributed by atoms with Crippen molar-refractivity contribution in [3.8, 4) is 5.75 Å². The number of pyridine rings is 1. The first-order valence-electron chi connectivity index (χ1n) is 6.37. The zero-order chi connectivity index (χ0) is 14.8. The van der Waals surface area contributed by atoms with Crippen LogP contribution >= 0.6 is 0 Å². The number of fused-ring (bicyclic) bond motifs is 1. The van der Waals surface area contributed by atoms with E-state index in [0.717, 1.165) is 5.56 Å². The van der Waals surface area contributed by atoms with E-state index in [-0.39, 0.29) is 11.3 Å². The third kappa shape index (κ3) is 2.41. The Kier molecular flexibility index (Phi) is 3.23. The number of hydrogen-bond donors (Lipinski definition) is 1. The van der Waals surface area contributed by atoms with Gasteiger partial charge in [0.15, 0.2) is 5.82 Å². The third-order valence-corrected chi connectivity index (χ3v) is 3.12. The van der Waals surface area contributed by atoms with Crippen molar-refractivity contribution < 1.29 is 9.52 Å². The molecule has 0 fully saturated rings. The first kappa shape index (κ1) is 13.1. The summed E-state index contributed by atoms with van der Waals surface area (Å²) in [6.07, 6.45) is 2.89. The van der Waals surface area contributed by atoms with E-state index in [9.17, 15) is 9.90 Å². The smallest absolute Gasteiger partial charge is 0.348 e. The lowest BCUT2D eigenvalue weighted by atomic mass is 10.1. The Balaban J connectivity index is 2.13. The molecule has 0 amide bonds. The summed E-state index contributed by atoms with van der Waals surface area (Å²) in [5.41, 5.74) is 0.590. The van der Waals surface area contributed by atoms with Gasteiger partial charge >= 0.3 is 5.63 Å². The summed E-state index contributed by atoms with van der Waals surface area (Å²) in [6.45, 7) is 1.86. The van der Waals surface area contributed by atoms with Crippen LogP contribution in [0.5, 0.6) is 5.75 Å². The average molecular weight is 280 g/mol. The maximum Gasteiger partial charge on any atom is 0.348 e. The Labute approximate surface area is 120 Å². The molecule has 0 aliphatic rings. The normalized spacial score (nSPS) is 11.3. The highest BCUT2D eigenvalue weighted by atomic mass is 16.4. The number of hydrogen-bond acceptors (Lipinski definition) is 5. The maximum atomic E-state index is 11.9. The molecular weight excluding hydrogens is 268 g/mol. The summed E-state index contributed by atoms with van der Waals surface area (Å²) < 4.78 is 5.17. The van der Waals surface area contributed by atoms with Crippen molar-refractivity contribution in [2.24, 2.45) is 4.99 Å². The molecule has 0 aliphatic heterocycles. The molecule has 0 radical (unpaired) electrons. The number of rotatable bonds is 2. The number of aliphatic imine (C=N–C) groups is 1. The second-order valence-corrected chi connectivity index (χ2v) is 4.55. The quantitative estimate of drug-likeness (QED) is 0.578. The number of benzene rings is 1. The molecule has 0 spiro atoms. The molecule has 0 aliphatic carbocycles. The van der Waals surface area contributed by atoms with Crippen LogP contribution in [0.15, 0.2) is 56.8 Å². The predicted molar refractivity (Wildman–Crippen MR) is 80.4 cm³/mol. The van der Waals surface area contributed by atoms with Crippen molar-refractivity contribution in [2.75, 3.05) is 0 Å². The van der Waals surface area contributed by atoms with Crippen molar-refractivity contribution in [2.45, 2.75) is 6.92 Å². The monoisotopic (exact) mass is 280 g/mol. The van der Waals surface area contributed by atoms with Crippen LogP contribution in [-0.4, -0.2) is 16.3 Å². The lowest BCUT2D eigenvalue weighted by Crippen LogP contribution is -2.07. The van der Waals surface area contributed by atoms with Crippen LogP contribution in [0, 0.1) is 6.92 Å². The fourth-order valence-corrected chi connectivity index (χ4v) is 2.00. The van der Waals surface area contributed by atoms with Crippen LogP contribution in [0.3, 0.4) is 0 Å². The fourth-order valence-electron chi connectivity index (χ4n) is 2.00. The molecule has 5 nitrogen and oxygen atoms in total. The SMILES string of the molecule is Cc1cccnc1N=Cc1c(O)c2ccccc2oc1=O. The lowest BCUT2D eigenvalue weighted by Gasteiger charge is -2.02. The Morgan fingerprint density at radius 2 is 2.05 bits per heavy atom. The van der Waals surface area contributed by atoms with Gasteiger partial charge in [-0.3, -0.25) is 0 Å². The van der Waals surface area contributed by atoms with Crippen LogP contribution in [0.4, 0.5) is 5.82 Å². The van der Waals surface area contributed by atoms with Crippen LogP contribution in [-0.2, 0) is 0 Å². The number of aromatic nitrogens is 1. The number of aromatic hydroxyl groups is 1. The fraction of sp³-hybridized carbons (Fsp3) is 0.0625. The molecule has 0 unspecified atom stereocenters. The Hall–Kier alpha value is -2.95. The van der Waals surface area contributed by atoms with Gasteiger partial charge in [-0.15, -0.1) is 0 Å². The van der Waals surface area contributed by atoms with Crippen molar-refractivity contribution >= 4 is 23.0 Å². The number of para-hydroxylation sites is 1. The van der Waals surface area contributed by atoms with Gasteiger partial charge in [-0.25, -0.2) is 14.8 Å². The lowest BCUT2D eigenvalue weighted by molar-refractivity contribution is 0.466.